The van der Waals surface area contributed by atoms with Crippen molar-refractivity contribution in [2.45, 2.75) is 83.8 Å². The Morgan fingerprint density at radius 1 is 1.18 bits per heavy atom. The monoisotopic (exact) mass is 785 g/mol. The van der Waals surface area contributed by atoms with E-state index in [9.17, 15) is 28.7 Å². The van der Waals surface area contributed by atoms with Crippen molar-refractivity contribution in [1.29, 1.82) is 0 Å². The predicted molar refractivity (Wildman–Crippen MR) is 206 cm³/mol. The maximum Gasteiger partial charge on any atom is 0.329 e. The molecule has 4 aromatic rings. The number of aliphatic hydroxyl groups is 1. The largest absolute Gasteiger partial charge is 0.460 e. The van der Waals surface area contributed by atoms with Crippen molar-refractivity contribution in [3.05, 3.63) is 84.4 Å². The minimum Gasteiger partial charge on any atom is -0.460 e. The van der Waals surface area contributed by atoms with Crippen molar-refractivity contribution in [2.75, 3.05) is 19.6 Å². The molecule has 1 aromatic carbocycles. The van der Waals surface area contributed by atoms with E-state index < -0.39 is 48.1 Å². The molecule has 17 heteroatoms. The van der Waals surface area contributed by atoms with Crippen molar-refractivity contribution in [2.24, 2.45) is 11.8 Å². The normalized spacial score (nSPS) is 23.5. The molecule has 57 heavy (non-hydrogen) atoms. The number of nitrogens with zero attached hydrogens (tertiary/aromatic N) is 6. The van der Waals surface area contributed by atoms with Crippen LogP contribution >= 0.6 is 0 Å². The second-order valence-electron chi connectivity index (χ2n) is 14.7. The number of H-pyrrole nitrogens is 1. The van der Waals surface area contributed by atoms with E-state index in [-0.39, 0.29) is 62.3 Å². The number of fused-ring (bicyclic) bond motifs is 4. The number of ether oxygens (including phenoxy) is 1. The number of alkyl halides is 1. The molecule has 3 aromatic heterocycles. The van der Waals surface area contributed by atoms with Crippen LogP contribution in [-0.2, 0) is 32.1 Å². The molecule has 4 N–H and O–H groups in total. The lowest BCUT2D eigenvalue weighted by atomic mass is 9.89. The summed E-state index contributed by atoms with van der Waals surface area (Å²) in [5.74, 6) is -2.98. The summed E-state index contributed by atoms with van der Waals surface area (Å²) in [6.07, 6.45) is 9.28. The van der Waals surface area contributed by atoms with E-state index in [4.69, 9.17) is 9.15 Å². The topological polar surface area (TPSA) is 210 Å². The Kier molecular flexibility index (Phi) is 13.4. The van der Waals surface area contributed by atoms with Gasteiger partial charge < -0.3 is 29.8 Å². The van der Waals surface area contributed by atoms with Crippen LogP contribution in [0, 0.1) is 11.8 Å². The van der Waals surface area contributed by atoms with Gasteiger partial charge in [-0.05, 0) is 37.8 Å². The molecule has 0 aliphatic carbocycles. The van der Waals surface area contributed by atoms with Gasteiger partial charge in [-0.3, -0.25) is 24.2 Å². The molecule has 2 aliphatic rings. The van der Waals surface area contributed by atoms with E-state index in [1.165, 1.54) is 17.1 Å². The molecular formula is C40H48FN9O7. The molecule has 5 heterocycles. The number of aromatic amines is 1. The number of allylic oxidation sites excluding steroid dienone is 2. The highest BCUT2D eigenvalue weighted by Crippen LogP contribution is 2.27. The van der Waals surface area contributed by atoms with E-state index in [1.807, 2.05) is 32.0 Å². The summed E-state index contributed by atoms with van der Waals surface area (Å²) in [5.41, 5.74) is 2.99. The van der Waals surface area contributed by atoms with E-state index in [0.717, 1.165) is 22.7 Å². The number of carbonyl (C=O) groups is 4. The molecule has 3 amide bonds. The van der Waals surface area contributed by atoms with Gasteiger partial charge in [0, 0.05) is 49.3 Å². The van der Waals surface area contributed by atoms with Gasteiger partial charge in [0.05, 0.1) is 37.0 Å². The lowest BCUT2D eigenvalue weighted by molar-refractivity contribution is -0.159. The quantitative estimate of drug-likeness (QED) is 0.199. The van der Waals surface area contributed by atoms with E-state index in [2.05, 4.69) is 36.1 Å². The number of carbonyl (C=O) groups excluding carboxylic acids is 4. The predicted octanol–water partition coefficient (Wildman–Crippen LogP) is 3.62. The number of aromatic nitrogens is 6. The van der Waals surface area contributed by atoms with Crippen molar-refractivity contribution < 1.29 is 37.8 Å². The van der Waals surface area contributed by atoms with Gasteiger partial charge in [0.1, 0.15) is 30.3 Å². The van der Waals surface area contributed by atoms with Gasteiger partial charge in [0.2, 0.25) is 11.8 Å². The van der Waals surface area contributed by atoms with Crippen LogP contribution in [-0.4, -0.2) is 108 Å². The van der Waals surface area contributed by atoms with Crippen molar-refractivity contribution in [3.8, 4) is 11.3 Å². The number of rotatable bonds is 7. The maximum atomic E-state index is 14.9. The number of halogens is 1. The van der Waals surface area contributed by atoms with E-state index >= 15 is 0 Å². The van der Waals surface area contributed by atoms with Crippen LogP contribution in [0.3, 0.4) is 0 Å². The van der Waals surface area contributed by atoms with Crippen LogP contribution < -0.4 is 10.6 Å². The second-order valence-corrected chi connectivity index (χ2v) is 14.7. The Morgan fingerprint density at radius 3 is 2.84 bits per heavy atom. The molecule has 5 atom stereocenters. The average Bonchev–Trinajstić information content (AvgIpc) is 4.01. The molecule has 0 saturated carbocycles. The molecular weight excluding hydrogens is 737 g/mol. The number of cyclic esters (lactones) is 1. The maximum absolute atomic E-state index is 14.9. The highest BCUT2D eigenvalue weighted by atomic mass is 19.1. The summed E-state index contributed by atoms with van der Waals surface area (Å²) in [7, 11) is 0. The number of amides is 3. The zero-order chi connectivity index (χ0) is 40.5. The van der Waals surface area contributed by atoms with Gasteiger partial charge >= 0.3 is 5.97 Å². The first kappa shape index (κ1) is 40.7. The summed E-state index contributed by atoms with van der Waals surface area (Å²) >= 11 is 0. The minimum atomic E-state index is -1.50. The van der Waals surface area contributed by atoms with Gasteiger partial charge in [0.25, 0.3) is 5.91 Å². The average molecular weight is 786 g/mol. The first-order valence-electron chi connectivity index (χ1n) is 19.1. The summed E-state index contributed by atoms with van der Waals surface area (Å²) < 4.78 is 28.0. The lowest BCUT2D eigenvalue weighted by Crippen LogP contribution is -2.44. The third-order valence-corrected chi connectivity index (χ3v) is 9.87. The highest BCUT2D eigenvalue weighted by molar-refractivity contribution is 5.95. The van der Waals surface area contributed by atoms with Gasteiger partial charge in [-0.1, -0.05) is 61.1 Å². The number of esters is 1. The summed E-state index contributed by atoms with van der Waals surface area (Å²) in [4.78, 5) is 59.2. The van der Waals surface area contributed by atoms with Crippen LogP contribution in [0.15, 0.2) is 77.2 Å². The van der Waals surface area contributed by atoms with Crippen molar-refractivity contribution in [3.63, 3.8) is 0 Å². The smallest absolute Gasteiger partial charge is 0.329 e. The Morgan fingerprint density at radius 2 is 2.02 bits per heavy atom. The molecule has 0 spiro atoms. The van der Waals surface area contributed by atoms with Crippen LogP contribution in [0.25, 0.3) is 22.2 Å². The summed E-state index contributed by atoms with van der Waals surface area (Å²) in [6.45, 7) is 6.43. The number of benzene rings is 1. The lowest BCUT2D eigenvalue weighted by Gasteiger charge is -2.30. The fourth-order valence-electron chi connectivity index (χ4n) is 7.00. The van der Waals surface area contributed by atoms with Crippen LogP contribution in [0.1, 0.15) is 62.8 Å². The molecule has 0 unspecified atom stereocenters. The fraction of sp³-hybridized carbons (Fsp3) is 0.450. The van der Waals surface area contributed by atoms with Gasteiger partial charge in [-0.25, -0.2) is 14.2 Å². The Labute approximate surface area is 328 Å². The minimum absolute atomic E-state index is 0.00611. The molecule has 2 aliphatic heterocycles. The van der Waals surface area contributed by atoms with Crippen molar-refractivity contribution >= 4 is 34.6 Å². The third kappa shape index (κ3) is 10.9. The number of nitrogens with one attached hydrogen (secondary N) is 3. The van der Waals surface area contributed by atoms with Crippen LogP contribution in [0.4, 0.5) is 4.39 Å². The van der Waals surface area contributed by atoms with Gasteiger partial charge in [-0.15, -0.1) is 5.10 Å². The zero-order valence-corrected chi connectivity index (χ0v) is 32.1. The number of aliphatic hydroxyl groups excluding tert-OH is 1. The Balaban J connectivity index is 1.16. The zero-order valence-electron chi connectivity index (χ0n) is 32.1. The molecule has 1 fully saturated rings. The Bertz CT molecular complexity index is 2140. The van der Waals surface area contributed by atoms with E-state index in [0.29, 0.717) is 30.7 Å². The molecule has 2 bridgehead atoms. The summed E-state index contributed by atoms with van der Waals surface area (Å²) in [6, 6.07) is 4.88. The van der Waals surface area contributed by atoms with Crippen LogP contribution in [0.5, 0.6) is 0 Å². The first-order chi connectivity index (χ1) is 27.4. The third-order valence-electron chi connectivity index (χ3n) is 9.87. The number of hydrogen-bond donors (Lipinski definition) is 4. The number of hydrogen-bond acceptors (Lipinski definition) is 11. The van der Waals surface area contributed by atoms with Crippen molar-refractivity contribution in [1.82, 2.24) is 45.7 Å². The Hall–Kier alpha value is -5.97. The standard InChI is InChI=1S/C40H48FN9O7/c1-24(2)38-27(18-36(53)43-13-15-49-22-32(47-48-49)26-8-9-28-21-44-46-31(28)17-26)10-11-35(52)42-12-4-6-25(3)16-30(51)19-29(41)20-37-45-33(23-56-37)39(54)50-14-5-7-34(50)40(55)57-38/h4,6,8-11,16-17,21-24,27,29-30,34,38,51H,5,7,12-15,18-20H2,1-3H3,(H,42,52)(H,43,53)(H,44,46)/b6-4?,11-10+,25-16?/t27-,29+,30+,34+,38+/m0/s1. The molecule has 16 nitrogen and oxygen atoms in total. The van der Waals surface area contributed by atoms with Gasteiger partial charge in [0.15, 0.2) is 11.6 Å². The van der Waals surface area contributed by atoms with Crippen LogP contribution in [0.2, 0.25) is 0 Å². The molecule has 302 valence electrons. The molecule has 1 saturated heterocycles. The number of oxazole rings is 1. The van der Waals surface area contributed by atoms with Gasteiger partial charge in [-0.2, -0.15) is 5.10 Å². The second kappa shape index (κ2) is 18.8. The molecule has 0 radical (unpaired) electrons. The van der Waals surface area contributed by atoms with E-state index in [1.54, 1.807) is 42.2 Å². The summed E-state index contributed by atoms with van der Waals surface area (Å²) in [5, 5.41) is 32.5. The molecule has 6 rings (SSSR count). The first-order valence-corrected chi connectivity index (χ1v) is 19.1. The fourth-order valence-corrected chi connectivity index (χ4v) is 7.00. The SMILES string of the molecule is CC1=C[C@@H](O)C[C@@H](F)Cc2nc(co2)C(=O)N2CCC[C@@H]2C(=O)O[C@H](C(C)C)[C@H](CC(=O)NCCn2cc(-c3ccc4cn[nH]c4c3)nn2)/C=C/C(=O)NCC=C1. The highest BCUT2D eigenvalue weighted by Gasteiger charge is 2.39.